The molecule has 1 aromatic rings. The van der Waals surface area contributed by atoms with Crippen molar-refractivity contribution in [3.05, 3.63) is 42.8 Å². The van der Waals surface area contributed by atoms with Gasteiger partial charge in [0.25, 0.3) is 0 Å². The Labute approximate surface area is 115 Å². The first-order valence-electron chi connectivity index (χ1n) is 5.04. The van der Waals surface area contributed by atoms with Crippen LogP contribution in [-0.4, -0.2) is 23.3 Å². The second-order valence-electron chi connectivity index (χ2n) is 4.28. The number of benzene rings is 1. The molecule has 0 atom stereocenters. The maximum absolute atomic E-state index is 9.92. The number of carboxylic acids is 1. The van der Waals surface area contributed by atoms with Crippen molar-refractivity contribution in [3.63, 3.8) is 0 Å². The molecule has 0 radical (unpaired) electrons. The fraction of sp³-hybridized carbons (Fsp3) is 0.385. The molecule has 90 valence electrons. The Morgan fingerprint density at radius 2 is 1.76 bits per heavy atom. The quantitative estimate of drug-likeness (QED) is 0.563. The topological polar surface area (TPSA) is 46.5 Å². The standard InChI is InChI=1S/C7H7.C6H12O3.Li/c1-7-5-3-2-4-6-7;1-6(2,3)9-4-5(7)8;/h2-6H,1H2;4H2,1-3H3,(H,7,8);/q-1;;+1. The molecule has 0 aliphatic heterocycles. The fourth-order valence-corrected chi connectivity index (χ4v) is 0.756. The third-order valence-corrected chi connectivity index (χ3v) is 1.47. The van der Waals surface area contributed by atoms with Gasteiger partial charge in [0.2, 0.25) is 0 Å². The van der Waals surface area contributed by atoms with Crippen LogP contribution in [0.2, 0.25) is 0 Å². The minimum absolute atomic E-state index is 0. The van der Waals surface area contributed by atoms with Gasteiger partial charge in [0.15, 0.2) is 0 Å². The van der Waals surface area contributed by atoms with Crippen LogP contribution in [0.1, 0.15) is 26.3 Å². The largest absolute Gasteiger partial charge is 1.00 e. The first-order valence-corrected chi connectivity index (χ1v) is 5.04. The molecule has 0 heterocycles. The van der Waals surface area contributed by atoms with Crippen molar-refractivity contribution in [1.29, 1.82) is 0 Å². The van der Waals surface area contributed by atoms with E-state index >= 15 is 0 Å². The van der Waals surface area contributed by atoms with Crippen molar-refractivity contribution >= 4 is 5.97 Å². The van der Waals surface area contributed by atoms with Crippen LogP contribution < -0.4 is 18.9 Å². The Morgan fingerprint density at radius 1 is 1.29 bits per heavy atom. The van der Waals surface area contributed by atoms with E-state index in [1.165, 1.54) is 0 Å². The Morgan fingerprint density at radius 3 is 1.94 bits per heavy atom. The van der Waals surface area contributed by atoms with Gasteiger partial charge in [-0.2, -0.15) is 24.6 Å². The van der Waals surface area contributed by atoms with Gasteiger partial charge in [-0.3, -0.25) is 0 Å². The molecule has 0 amide bonds. The van der Waals surface area contributed by atoms with Gasteiger partial charge in [-0.25, -0.2) is 4.79 Å². The third kappa shape index (κ3) is 15.1. The molecule has 3 nitrogen and oxygen atoms in total. The van der Waals surface area contributed by atoms with Gasteiger partial charge in [0, 0.05) is 0 Å². The fourth-order valence-electron chi connectivity index (χ4n) is 0.756. The number of hydrogen-bond donors (Lipinski definition) is 1. The smallest absolute Gasteiger partial charge is 0.480 e. The number of ether oxygens (including phenoxy) is 1. The summed E-state index contributed by atoms with van der Waals surface area (Å²) in [6.07, 6.45) is 0. The summed E-state index contributed by atoms with van der Waals surface area (Å²) in [4.78, 5) is 9.92. The molecule has 1 N–H and O–H groups in total. The van der Waals surface area contributed by atoms with Gasteiger partial charge >= 0.3 is 24.8 Å². The van der Waals surface area contributed by atoms with Crippen molar-refractivity contribution in [2.24, 2.45) is 0 Å². The predicted molar refractivity (Wildman–Crippen MR) is 64.2 cm³/mol. The van der Waals surface area contributed by atoms with Gasteiger partial charge in [-0.05, 0) is 20.8 Å². The SMILES string of the molecule is CC(C)(C)OCC(=O)O.[CH2-]c1ccccc1.[Li+]. The summed E-state index contributed by atoms with van der Waals surface area (Å²) in [5, 5.41) is 8.15. The van der Waals surface area contributed by atoms with Crippen LogP contribution in [0.15, 0.2) is 30.3 Å². The molecule has 0 bridgehead atoms. The number of carboxylic acid groups (broad SMARTS) is 1. The zero-order valence-electron chi connectivity index (χ0n) is 11.1. The minimum atomic E-state index is -0.926. The third-order valence-electron chi connectivity index (χ3n) is 1.47. The molecule has 0 aromatic heterocycles. The molecular formula is C13H19LiO3. The van der Waals surface area contributed by atoms with Crippen LogP contribution in [0.4, 0.5) is 0 Å². The van der Waals surface area contributed by atoms with Gasteiger partial charge < -0.3 is 9.84 Å². The Bertz CT molecular complexity index is 304. The van der Waals surface area contributed by atoms with Crippen LogP contribution in [0.3, 0.4) is 0 Å². The van der Waals surface area contributed by atoms with Crippen molar-refractivity contribution in [1.82, 2.24) is 0 Å². The molecule has 0 aliphatic rings. The van der Waals surface area contributed by atoms with Crippen LogP contribution in [0.5, 0.6) is 0 Å². The first-order chi connectivity index (χ1) is 7.31. The van der Waals surface area contributed by atoms with E-state index in [1.54, 1.807) is 0 Å². The monoisotopic (exact) mass is 230 g/mol. The van der Waals surface area contributed by atoms with E-state index < -0.39 is 5.97 Å². The number of hydrogen-bond acceptors (Lipinski definition) is 2. The van der Waals surface area contributed by atoms with E-state index in [2.05, 4.69) is 6.92 Å². The van der Waals surface area contributed by atoms with E-state index in [4.69, 9.17) is 9.84 Å². The Hall–Kier alpha value is -0.883. The van der Waals surface area contributed by atoms with Gasteiger partial charge in [-0.1, -0.05) is 6.07 Å². The van der Waals surface area contributed by atoms with E-state index in [1.807, 2.05) is 51.1 Å². The van der Waals surface area contributed by atoms with Crippen molar-refractivity contribution < 1.29 is 33.5 Å². The van der Waals surface area contributed by atoms with Crippen molar-refractivity contribution in [3.8, 4) is 0 Å². The maximum atomic E-state index is 9.92. The molecule has 1 rings (SSSR count). The van der Waals surface area contributed by atoms with Gasteiger partial charge in [-0.15, -0.1) is 12.1 Å². The van der Waals surface area contributed by atoms with E-state index in [0.717, 1.165) is 5.56 Å². The number of carbonyl (C=O) groups is 1. The van der Waals surface area contributed by atoms with E-state index in [0.29, 0.717) is 0 Å². The van der Waals surface area contributed by atoms with E-state index in [9.17, 15) is 4.79 Å². The minimum Gasteiger partial charge on any atom is -0.480 e. The van der Waals surface area contributed by atoms with Gasteiger partial charge in [0.05, 0.1) is 5.60 Å². The van der Waals surface area contributed by atoms with Crippen LogP contribution >= 0.6 is 0 Å². The second-order valence-corrected chi connectivity index (χ2v) is 4.28. The summed E-state index contributed by atoms with van der Waals surface area (Å²) in [6, 6.07) is 9.87. The zero-order chi connectivity index (χ0) is 12.6. The number of aliphatic carboxylic acids is 1. The summed E-state index contributed by atoms with van der Waals surface area (Å²) in [6.45, 7) is 8.95. The zero-order valence-corrected chi connectivity index (χ0v) is 11.1. The normalized spacial score (nSPS) is 9.59. The van der Waals surface area contributed by atoms with Gasteiger partial charge in [0.1, 0.15) is 6.61 Å². The Kier molecular flexibility index (Phi) is 9.98. The molecule has 0 saturated carbocycles. The molecule has 0 fully saturated rings. The van der Waals surface area contributed by atoms with Crippen LogP contribution in [0.25, 0.3) is 0 Å². The summed E-state index contributed by atoms with van der Waals surface area (Å²) >= 11 is 0. The first kappa shape index (κ1) is 18.5. The van der Waals surface area contributed by atoms with E-state index in [-0.39, 0.29) is 31.1 Å². The van der Waals surface area contributed by atoms with Crippen molar-refractivity contribution in [2.75, 3.05) is 6.61 Å². The predicted octanol–water partition coefficient (Wildman–Crippen LogP) is -0.241. The Balaban J connectivity index is 0. The molecule has 17 heavy (non-hydrogen) atoms. The summed E-state index contributed by atoms with van der Waals surface area (Å²) in [5.41, 5.74) is 0.723. The second kappa shape index (κ2) is 9.18. The van der Waals surface area contributed by atoms with Crippen molar-refractivity contribution in [2.45, 2.75) is 26.4 Å². The molecular weight excluding hydrogens is 211 g/mol. The average molecular weight is 230 g/mol. The molecule has 1 aromatic carbocycles. The maximum Gasteiger partial charge on any atom is 1.00 e. The molecule has 4 heteroatoms. The average Bonchev–Trinajstić information content (AvgIpc) is 2.16. The molecule has 0 unspecified atom stereocenters. The molecule has 0 spiro atoms. The number of rotatable bonds is 2. The summed E-state index contributed by atoms with van der Waals surface area (Å²) < 4.78 is 4.89. The van der Waals surface area contributed by atoms with Crippen LogP contribution in [-0.2, 0) is 9.53 Å². The molecule has 0 saturated heterocycles. The summed E-state index contributed by atoms with van der Waals surface area (Å²) in [5.74, 6) is -0.926. The summed E-state index contributed by atoms with van der Waals surface area (Å²) in [7, 11) is 0. The van der Waals surface area contributed by atoms with Crippen LogP contribution in [0, 0.1) is 6.92 Å². The molecule has 0 aliphatic carbocycles.